The maximum absolute atomic E-state index is 12.7. The fourth-order valence-corrected chi connectivity index (χ4v) is 4.05. The molecule has 0 fully saturated rings. The van der Waals surface area contributed by atoms with Gasteiger partial charge in [-0.3, -0.25) is 14.4 Å². The first-order valence-corrected chi connectivity index (χ1v) is 11.4. The molecule has 0 saturated heterocycles. The second-order valence-electron chi connectivity index (χ2n) is 8.17. The lowest BCUT2D eigenvalue weighted by Gasteiger charge is -2.12. The zero-order valence-electron chi connectivity index (χ0n) is 19.2. The number of para-hydroxylation sites is 2. The summed E-state index contributed by atoms with van der Waals surface area (Å²) in [6, 6.07) is 27.3. The van der Waals surface area contributed by atoms with Crippen LogP contribution < -0.4 is 10.6 Å². The largest absolute Gasteiger partial charge is 0.464 e. The number of hydrogen-bond donors (Lipinski definition) is 2. The van der Waals surface area contributed by atoms with Gasteiger partial charge in [0.25, 0.3) is 11.8 Å². The number of carbonyl (C=O) groups is 3. The highest BCUT2D eigenvalue weighted by molar-refractivity contribution is 6.10. The molecule has 0 aliphatic rings. The van der Waals surface area contributed by atoms with Crippen LogP contribution in [0.3, 0.4) is 0 Å². The summed E-state index contributed by atoms with van der Waals surface area (Å²) in [6.07, 6.45) is 1.50. The van der Waals surface area contributed by atoms with Gasteiger partial charge in [-0.25, -0.2) is 0 Å². The number of ether oxygens (including phenoxy) is 1. The Bertz CT molecular complexity index is 1570. The number of benzene rings is 4. The van der Waals surface area contributed by atoms with Crippen LogP contribution in [-0.4, -0.2) is 24.4 Å². The SMILES string of the molecule is O=C(COC(=O)Cc1coc2ccc3ccccc3c12)Nc1ccccc1C(=O)Nc1ccccc1. The number of nitrogens with one attached hydrogen (secondary N) is 2. The summed E-state index contributed by atoms with van der Waals surface area (Å²) >= 11 is 0. The summed E-state index contributed by atoms with van der Waals surface area (Å²) in [5, 5.41) is 8.31. The number of rotatable bonds is 7. The van der Waals surface area contributed by atoms with E-state index in [1.54, 1.807) is 42.7 Å². The summed E-state index contributed by atoms with van der Waals surface area (Å²) < 4.78 is 10.8. The molecule has 1 heterocycles. The van der Waals surface area contributed by atoms with Crippen LogP contribution >= 0.6 is 0 Å². The van der Waals surface area contributed by atoms with E-state index in [-0.39, 0.29) is 17.9 Å². The molecular formula is C29H22N2O5. The lowest BCUT2D eigenvalue weighted by atomic mass is 10.0. The van der Waals surface area contributed by atoms with Crippen LogP contribution in [0.4, 0.5) is 11.4 Å². The van der Waals surface area contributed by atoms with Crippen LogP contribution in [0.1, 0.15) is 15.9 Å². The molecule has 0 spiro atoms. The van der Waals surface area contributed by atoms with E-state index < -0.39 is 18.5 Å². The van der Waals surface area contributed by atoms with Crippen molar-refractivity contribution in [2.75, 3.05) is 17.2 Å². The fourth-order valence-electron chi connectivity index (χ4n) is 4.05. The molecular weight excluding hydrogens is 456 g/mol. The van der Waals surface area contributed by atoms with E-state index in [0.29, 0.717) is 22.5 Å². The first-order chi connectivity index (χ1) is 17.6. The van der Waals surface area contributed by atoms with Gasteiger partial charge in [-0.05, 0) is 41.1 Å². The maximum Gasteiger partial charge on any atom is 0.310 e. The first-order valence-electron chi connectivity index (χ1n) is 11.4. The normalized spacial score (nSPS) is 10.8. The second kappa shape index (κ2) is 10.1. The molecule has 4 aromatic carbocycles. The van der Waals surface area contributed by atoms with E-state index in [4.69, 9.17) is 9.15 Å². The topological polar surface area (TPSA) is 97.6 Å². The van der Waals surface area contributed by atoms with Crippen molar-refractivity contribution < 1.29 is 23.5 Å². The van der Waals surface area contributed by atoms with Gasteiger partial charge < -0.3 is 19.8 Å². The quantitative estimate of drug-likeness (QED) is 0.298. The van der Waals surface area contributed by atoms with Crippen molar-refractivity contribution in [3.8, 4) is 0 Å². The number of furan rings is 1. The molecule has 7 nitrogen and oxygen atoms in total. The van der Waals surface area contributed by atoms with Crippen molar-refractivity contribution in [3.63, 3.8) is 0 Å². The maximum atomic E-state index is 12.7. The zero-order chi connectivity index (χ0) is 24.9. The molecule has 0 atom stereocenters. The highest BCUT2D eigenvalue weighted by Gasteiger charge is 2.17. The van der Waals surface area contributed by atoms with Gasteiger partial charge >= 0.3 is 5.97 Å². The van der Waals surface area contributed by atoms with E-state index >= 15 is 0 Å². The van der Waals surface area contributed by atoms with Crippen LogP contribution in [-0.2, 0) is 20.7 Å². The lowest BCUT2D eigenvalue weighted by molar-refractivity contribution is -0.146. The Hall–Kier alpha value is -4.91. The average Bonchev–Trinajstić information content (AvgIpc) is 3.31. The van der Waals surface area contributed by atoms with Gasteiger partial charge in [-0.15, -0.1) is 0 Å². The van der Waals surface area contributed by atoms with Gasteiger partial charge in [0, 0.05) is 16.6 Å². The van der Waals surface area contributed by atoms with Gasteiger partial charge in [-0.2, -0.15) is 0 Å². The molecule has 0 bridgehead atoms. The highest BCUT2D eigenvalue weighted by Crippen LogP contribution is 2.30. The molecule has 7 heteroatoms. The molecule has 0 aliphatic carbocycles. The van der Waals surface area contributed by atoms with Crippen molar-refractivity contribution >= 4 is 50.9 Å². The van der Waals surface area contributed by atoms with Crippen molar-refractivity contribution in [1.29, 1.82) is 0 Å². The number of fused-ring (bicyclic) bond motifs is 3. The minimum absolute atomic E-state index is 0.0373. The summed E-state index contributed by atoms with van der Waals surface area (Å²) in [5.74, 6) is -1.48. The Labute approximate surface area is 206 Å². The standard InChI is InChI=1S/C29H22N2O5/c32-26(31-24-13-7-6-12-23(24)29(34)30-21-9-2-1-3-10-21)18-36-27(33)16-20-17-35-25-15-14-19-8-4-5-11-22(19)28(20)25/h1-15,17H,16,18H2,(H,30,34)(H,31,32). The number of esters is 1. The molecule has 0 aliphatic heterocycles. The third kappa shape index (κ3) is 4.95. The zero-order valence-corrected chi connectivity index (χ0v) is 19.2. The molecule has 5 aromatic rings. The lowest BCUT2D eigenvalue weighted by Crippen LogP contribution is -2.23. The number of amides is 2. The third-order valence-corrected chi connectivity index (χ3v) is 5.72. The minimum Gasteiger partial charge on any atom is -0.464 e. The van der Waals surface area contributed by atoms with Gasteiger partial charge in [-0.1, -0.05) is 60.7 Å². The van der Waals surface area contributed by atoms with Crippen molar-refractivity contribution in [3.05, 3.63) is 108 Å². The molecule has 1 aromatic heterocycles. The Morgan fingerprint density at radius 2 is 1.53 bits per heavy atom. The molecule has 0 unspecified atom stereocenters. The van der Waals surface area contributed by atoms with Crippen LogP contribution in [0.5, 0.6) is 0 Å². The van der Waals surface area contributed by atoms with Gasteiger partial charge in [0.1, 0.15) is 5.58 Å². The summed E-state index contributed by atoms with van der Waals surface area (Å²) in [5.41, 5.74) is 2.61. The molecule has 178 valence electrons. The van der Waals surface area contributed by atoms with Crippen LogP contribution in [0, 0.1) is 0 Å². The fraction of sp³-hybridized carbons (Fsp3) is 0.0690. The van der Waals surface area contributed by atoms with Gasteiger partial charge in [0.2, 0.25) is 0 Å². The van der Waals surface area contributed by atoms with Crippen LogP contribution in [0.25, 0.3) is 21.7 Å². The average molecular weight is 479 g/mol. The summed E-state index contributed by atoms with van der Waals surface area (Å²) in [7, 11) is 0. The third-order valence-electron chi connectivity index (χ3n) is 5.72. The van der Waals surface area contributed by atoms with E-state index in [1.807, 2.05) is 54.6 Å². The second-order valence-corrected chi connectivity index (χ2v) is 8.17. The Balaban J connectivity index is 1.22. The smallest absolute Gasteiger partial charge is 0.310 e. The van der Waals surface area contributed by atoms with E-state index in [2.05, 4.69) is 10.6 Å². The number of carbonyl (C=O) groups excluding carboxylic acids is 3. The monoisotopic (exact) mass is 478 g/mol. The minimum atomic E-state index is -0.559. The number of anilines is 2. The van der Waals surface area contributed by atoms with Gasteiger partial charge in [0.15, 0.2) is 6.61 Å². The van der Waals surface area contributed by atoms with Gasteiger partial charge in [0.05, 0.1) is 23.9 Å². The molecule has 0 radical (unpaired) electrons. The molecule has 2 amide bonds. The summed E-state index contributed by atoms with van der Waals surface area (Å²) in [6.45, 7) is -0.482. The predicted molar refractivity (Wildman–Crippen MR) is 138 cm³/mol. The first kappa shape index (κ1) is 22.9. The Morgan fingerprint density at radius 1 is 0.778 bits per heavy atom. The Kier molecular flexibility index (Phi) is 6.44. The van der Waals surface area contributed by atoms with Crippen molar-refractivity contribution in [1.82, 2.24) is 0 Å². The summed E-state index contributed by atoms with van der Waals surface area (Å²) in [4.78, 5) is 37.7. The molecule has 5 rings (SSSR count). The molecule has 0 saturated carbocycles. The van der Waals surface area contributed by atoms with E-state index in [1.165, 1.54) is 0 Å². The molecule has 2 N–H and O–H groups in total. The van der Waals surface area contributed by atoms with Crippen molar-refractivity contribution in [2.24, 2.45) is 0 Å². The van der Waals surface area contributed by atoms with Crippen LogP contribution in [0.15, 0.2) is 102 Å². The van der Waals surface area contributed by atoms with E-state index in [9.17, 15) is 14.4 Å². The predicted octanol–water partition coefficient (Wildman–Crippen LogP) is 5.56. The van der Waals surface area contributed by atoms with Crippen molar-refractivity contribution in [2.45, 2.75) is 6.42 Å². The highest BCUT2D eigenvalue weighted by atomic mass is 16.5. The Morgan fingerprint density at radius 3 is 2.39 bits per heavy atom. The van der Waals surface area contributed by atoms with Crippen LogP contribution in [0.2, 0.25) is 0 Å². The number of hydrogen-bond acceptors (Lipinski definition) is 5. The molecule has 36 heavy (non-hydrogen) atoms. The van der Waals surface area contributed by atoms with E-state index in [0.717, 1.165) is 16.2 Å².